The average molecular weight is 280 g/mol. The fraction of sp³-hybridized carbons (Fsp3) is 0.533. The molecule has 3 atom stereocenters. The van der Waals surface area contributed by atoms with E-state index in [1.165, 1.54) is 19.3 Å². The number of hydrogen-bond acceptors (Lipinski definition) is 2. The molecule has 0 spiro atoms. The van der Waals surface area contributed by atoms with Gasteiger partial charge in [-0.1, -0.05) is 6.42 Å². The van der Waals surface area contributed by atoms with Crippen LogP contribution in [0.3, 0.4) is 0 Å². The topological polar surface area (TPSA) is 55.1 Å². The molecule has 3 nitrogen and oxygen atoms in total. The number of carbonyl (C=O) groups excluding carboxylic acids is 1. The van der Waals surface area contributed by atoms with E-state index in [1.807, 2.05) is 0 Å². The Morgan fingerprint density at radius 3 is 2.70 bits per heavy atom. The average Bonchev–Trinajstić information content (AvgIpc) is 2.98. The third kappa shape index (κ3) is 2.49. The van der Waals surface area contributed by atoms with E-state index in [0.717, 1.165) is 18.4 Å². The number of rotatable bonds is 3. The Kier molecular flexibility index (Phi) is 3.36. The van der Waals surface area contributed by atoms with Crippen molar-refractivity contribution >= 4 is 17.3 Å². The monoisotopic (exact) mass is 280 g/mol. The Balaban J connectivity index is 1.63. The number of anilines is 2. The summed E-state index contributed by atoms with van der Waals surface area (Å²) in [7, 11) is 0. The van der Waals surface area contributed by atoms with Gasteiger partial charge in [0.25, 0.3) is 0 Å². The summed E-state index contributed by atoms with van der Waals surface area (Å²) in [5.41, 5.74) is 5.18. The van der Waals surface area contributed by atoms with Crippen molar-refractivity contribution in [1.29, 1.82) is 0 Å². The van der Waals surface area contributed by atoms with Gasteiger partial charge in [-0.15, -0.1) is 0 Å². The molecule has 1 aromatic rings. The molecule has 108 valence electrons. The van der Waals surface area contributed by atoms with Crippen LogP contribution in [0.25, 0.3) is 0 Å². The number of nitrogens with one attached hydrogen (secondary N) is 1. The molecule has 2 fully saturated rings. The second kappa shape index (κ2) is 5.04. The third-order valence-corrected chi connectivity index (χ3v) is 4.69. The molecule has 1 aromatic carbocycles. The Hall–Kier alpha value is -1.65. The van der Waals surface area contributed by atoms with Crippen LogP contribution >= 0.6 is 0 Å². The number of hydrogen-bond donors (Lipinski definition) is 2. The largest absolute Gasteiger partial charge is 0.396 e. The van der Waals surface area contributed by atoms with Gasteiger partial charge >= 0.3 is 0 Å². The number of amides is 1. The number of nitrogen functional groups attached to an aromatic ring is 1. The Morgan fingerprint density at radius 2 is 2.05 bits per heavy atom. The summed E-state index contributed by atoms with van der Waals surface area (Å²) in [6.07, 6.45) is 5.24. The molecule has 2 saturated carbocycles. The maximum absolute atomic E-state index is 13.5. The van der Waals surface area contributed by atoms with Crippen molar-refractivity contribution < 1.29 is 13.6 Å². The first kappa shape index (κ1) is 13.3. The summed E-state index contributed by atoms with van der Waals surface area (Å²) in [6, 6.07) is 1.83. The first-order valence-electron chi connectivity index (χ1n) is 7.07. The van der Waals surface area contributed by atoms with Crippen molar-refractivity contribution in [2.75, 3.05) is 11.1 Å². The second-order valence-electron chi connectivity index (χ2n) is 6.04. The zero-order chi connectivity index (χ0) is 14.3. The van der Waals surface area contributed by atoms with Gasteiger partial charge < -0.3 is 11.1 Å². The highest BCUT2D eigenvalue weighted by atomic mass is 19.1. The molecule has 3 unspecified atom stereocenters. The lowest BCUT2D eigenvalue weighted by molar-refractivity contribution is -0.117. The van der Waals surface area contributed by atoms with E-state index in [0.29, 0.717) is 24.3 Å². The van der Waals surface area contributed by atoms with E-state index in [-0.39, 0.29) is 17.3 Å². The molecule has 0 heterocycles. The van der Waals surface area contributed by atoms with Crippen molar-refractivity contribution in [2.45, 2.75) is 32.1 Å². The van der Waals surface area contributed by atoms with Gasteiger partial charge in [-0.05, 0) is 43.1 Å². The van der Waals surface area contributed by atoms with Crippen LogP contribution in [0.2, 0.25) is 0 Å². The minimum Gasteiger partial charge on any atom is -0.396 e. The standard InChI is InChI=1S/C15H18F2N2O/c16-11-6-12(17)14(7-13(11)18)19-15(20)5-10-4-8-1-2-9(10)3-8/h6-10H,1-5,18H2,(H,19,20). The van der Waals surface area contributed by atoms with Crippen molar-refractivity contribution in [3.05, 3.63) is 23.8 Å². The lowest BCUT2D eigenvalue weighted by Crippen LogP contribution is -2.21. The van der Waals surface area contributed by atoms with Crippen LogP contribution in [0.4, 0.5) is 20.2 Å². The summed E-state index contributed by atoms with van der Waals surface area (Å²) < 4.78 is 26.6. The van der Waals surface area contributed by atoms with E-state index in [2.05, 4.69) is 5.32 Å². The lowest BCUT2D eigenvalue weighted by Gasteiger charge is -2.21. The molecule has 2 aliphatic rings. The first-order chi connectivity index (χ1) is 9.52. The van der Waals surface area contributed by atoms with Crippen LogP contribution in [0, 0.1) is 29.4 Å². The van der Waals surface area contributed by atoms with Gasteiger partial charge in [0.15, 0.2) is 0 Å². The number of halogens is 2. The van der Waals surface area contributed by atoms with E-state index in [9.17, 15) is 13.6 Å². The Bertz CT molecular complexity index is 547. The summed E-state index contributed by atoms with van der Waals surface area (Å²) in [5.74, 6) is 0.0125. The molecule has 1 amide bonds. The SMILES string of the molecule is Nc1cc(NC(=O)CC2CC3CCC2C3)c(F)cc1F. The highest BCUT2D eigenvalue weighted by Crippen LogP contribution is 2.49. The van der Waals surface area contributed by atoms with Gasteiger partial charge in [0, 0.05) is 12.5 Å². The van der Waals surface area contributed by atoms with Crippen LogP contribution in [0.5, 0.6) is 0 Å². The normalized spacial score (nSPS) is 27.8. The second-order valence-corrected chi connectivity index (χ2v) is 6.04. The summed E-state index contributed by atoms with van der Waals surface area (Å²) in [4.78, 5) is 12.0. The predicted octanol–water partition coefficient (Wildman–Crippen LogP) is 3.31. The molecule has 0 aliphatic heterocycles. The van der Waals surface area contributed by atoms with Gasteiger partial charge in [0.05, 0.1) is 11.4 Å². The zero-order valence-corrected chi connectivity index (χ0v) is 11.2. The van der Waals surface area contributed by atoms with E-state index >= 15 is 0 Å². The van der Waals surface area contributed by atoms with Crippen LogP contribution in [-0.4, -0.2) is 5.91 Å². The van der Waals surface area contributed by atoms with Gasteiger partial charge in [-0.3, -0.25) is 4.79 Å². The molecule has 2 aliphatic carbocycles. The smallest absolute Gasteiger partial charge is 0.224 e. The van der Waals surface area contributed by atoms with Crippen LogP contribution in [0.1, 0.15) is 32.1 Å². The number of nitrogens with two attached hydrogens (primary N) is 1. The minimum absolute atomic E-state index is 0.0444. The van der Waals surface area contributed by atoms with Gasteiger partial charge in [-0.2, -0.15) is 0 Å². The minimum atomic E-state index is -0.811. The van der Waals surface area contributed by atoms with Crippen molar-refractivity contribution in [1.82, 2.24) is 0 Å². The van der Waals surface area contributed by atoms with Crippen LogP contribution in [0.15, 0.2) is 12.1 Å². The fourth-order valence-corrected chi connectivity index (χ4v) is 3.73. The maximum atomic E-state index is 13.5. The van der Waals surface area contributed by atoms with E-state index in [4.69, 9.17) is 5.73 Å². The highest BCUT2D eigenvalue weighted by Gasteiger charge is 2.40. The fourth-order valence-electron chi connectivity index (χ4n) is 3.73. The quantitative estimate of drug-likeness (QED) is 0.835. The first-order valence-corrected chi connectivity index (χ1v) is 7.07. The molecule has 20 heavy (non-hydrogen) atoms. The molecule has 0 radical (unpaired) electrons. The van der Waals surface area contributed by atoms with Crippen LogP contribution in [-0.2, 0) is 4.79 Å². The van der Waals surface area contributed by atoms with E-state index in [1.54, 1.807) is 0 Å². The van der Waals surface area contributed by atoms with Crippen molar-refractivity contribution in [3.63, 3.8) is 0 Å². The number of carbonyl (C=O) groups is 1. The molecule has 2 bridgehead atoms. The molecule has 3 N–H and O–H groups in total. The van der Waals surface area contributed by atoms with Gasteiger partial charge in [0.1, 0.15) is 11.6 Å². The molecule has 5 heteroatoms. The zero-order valence-electron chi connectivity index (χ0n) is 11.2. The number of fused-ring (bicyclic) bond motifs is 2. The molecule has 3 rings (SSSR count). The molecule has 0 aromatic heterocycles. The molecular weight excluding hydrogens is 262 g/mol. The lowest BCUT2D eigenvalue weighted by atomic mass is 9.86. The van der Waals surface area contributed by atoms with Gasteiger partial charge in [0.2, 0.25) is 5.91 Å². The summed E-state index contributed by atoms with van der Waals surface area (Å²) in [6.45, 7) is 0. The maximum Gasteiger partial charge on any atom is 0.224 e. The van der Waals surface area contributed by atoms with Gasteiger partial charge in [-0.25, -0.2) is 8.78 Å². The van der Waals surface area contributed by atoms with Crippen molar-refractivity contribution in [3.8, 4) is 0 Å². The summed E-state index contributed by atoms with van der Waals surface area (Å²) >= 11 is 0. The van der Waals surface area contributed by atoms with E-state index < -0.39 is 11.6 Å². The molecular formula is C15H18F2N2O. The summed E-state index contributed by atoms with van der Waals surface area (Å²) in [5, 5.41) is 2.50. The number of benzene rings is 1. The van der Waals surface area contributed by atoms with Crippen LogP contribution < -0.4 is 11.1 Å². The predicted molar refractivity (Wildman–Crippen MR) is 73.0 cm³/mol. The Morgan fingerprint density at radius 1 is 1.25 bits per heavy atom. The third-order valence-electron chi connectivity index (χ3n) is 4.69. The molecule has 0 saturated heterocycles. The highest BCUT2D eigenvalue weighted by molar-refractivity contribution is 5.91. The van der Waals surface area contributed by atoms with Crippen molar-refractivity contribution in [2.24, 2.45) is 17.8 Å². The Labute approximate surface area is 116 Å².